The zero-order valence-electron chi connectivity index (χ0n) is 7.82. The van der Waals surface area contributed by atoms with Crippen LogP contribution in [0.5, 0.6) is 0 Å². The first-order chi connectivity index (χ1) is 6.86. The normalized spacial score (nSPS) is 11.2. The van der Waals surface area contributed by atoms with Gasteiger partial charge in [0.2, 0.25) is 0 Å². The fourth-order valence-corrected chi connectivity index (χ4v) is 2.89. The van der Waals surface area contributed by atoms with Crippen molar-refractivity contribution >= 4 is 31.6 Å². The summed E-state index contributed by atoms with van der Waals surface area (Å²) in [5.41, 5.74) is 1.34. The van der Waals surface area contributed by atoms with Gasteiger partial charge < -0.3 is 0 Å². The molecular formula is C12H9NS. The zero-order valence-corrected chi connectivity index (χ0v) is 8.64. The van der Waals surface area contributed by atoms with E-state index in [2.05, 4.69) is 36.2 Å². The lowest BCUT2D eigenvalue weighted by atomic mass is 10.1. The van der Waals surface area contributed by atoms with E-state index in [1.54, 1.807) is 11.3 Å². The maximum Gasteiger partial charge on any atom is 0.124 e. The Labute approximate surface area is 86.0 Å². The van der Waals surface area contributed by atoms with E-state index in [9.17, 15) is 0 Å². The highest BCUT2D eigenvalue weighted by molar-refractivity contribution is 7.25. The van der Waals surface area contributed by atoms with Crippen LogP contribution in [-0.2, 0) is 0 Å². The summed E-state index contributed by atoms with van der Waals surface area (Å²) in [5, 5.41) is 2.61. The minimum absolute atomic E-state index is 1.14. The lowest BCUT2D eigenvalue weighted by Gasteiger charge is -1.93. The molecule has 2 aromatic heterocycles. The molecule has 0 N–H and O–H groups in total. The molecule has 0 bridgehead atoms. The summed E-state index contributed by atoms with van der Waals surface area (Å²) in [7, 11) is 0. The predicted octanol–water partition coefficient (Wildman–Crippen LogP) is 3.76. The molecule has 0 spiro atoms. The van der Waals surface area contributed by atoms with E-state index in [-0.39, 0.29) is 0 Å². The van der Waals surface area contributed by atoms with Crippen LogP contribution in [0.25, 0.3) is 20.3 Å². The van der Waals surface area contributed by atoms with Crippen LogP contribution in [0, 0.1) is 6.92 Å². The SMILES string of the molecule is Cc1cccc2c1sc1ncccc12. The second-order valence-electron chi connectivity index (χ2n) is 3.41. The first-order valence-electron chi connectivity index (χ1n) is 4.59. The third-order valence-corrected chi connectivity index (χ3v) is 3.74. The largest absolute Gasteiger partial charge is 0.245 e. The summed E-state index contributed by atoms with van der Waals surface area (Å²) >= 11 is 1.78. The molecule has 0 amide bonds. The monoisotopic (exact) mass is 199 g/mol. The Morgan fingerprint density at radius 1 is 1.07 bits per heavy atom. The van der Waals surface area contributed by atoms with Crippen LogP contribution in [0.15, 0.2) is 36.5 Å². The number of fused-ring (bicyclic) bond motifs is 3. The van der Waals surface area contributed by atoms with Gasteiger partial charge in [-0.1, -0.05) is 18.2 Å². The first-order valence-corrected chi connectivity index (χ1v) is 5.41. The number of hydrogen-bond donors (Lipinski definition) is 0. The Kier molecular flexibility index (Phi) is 1.58. The molecule has 0 aliphatic rings. The molecule has 0 aliphatic heterocycles. The van der Waals surface area contributed by atoms with Crippen molar-refractivity contribution in [3.8, 4) is 0 Å². The Morgan fingerprint density at radius 2 is 1.93 bits per heavy atom. The van der Waals surface area contributed by atoms with E-state index in [4.69, 9.17) is 0 Å². The van der Waals surface area contributed by atoms with E-state index in [0.717, 1.165) is 4.83 Å². The maximum absolute atomic E-state index is 4.38. The molecule has 0 saturated carbocycles. The van der Waals surface area contributed by atoms with Crippen molar-refractivity contribution in [3.05, 3.63) is 42.1 Å². The van der Waals surface area contributed by atoms with E-state index in [0.29, 0.717) is 0 Å². The molecule has 0 fully saturated rings. The van der Waals surface area contributed by atoms with Crippen molar-refractivity contribution in [1.29, 1.82) is 0 Å². The molecule has 14 heavy (non-hydrogen) atoms. The van der Waals surface area contributed by atoms with Gasteiger partial charge >= 0.3 is 0 Å². The van der Waals surface area contributed by atoms with Gasteiger partial charge in [0.1, 0.15) is 4.83 Å². The number of hydrogen-bond acceptors (Lipinski definition) is 2. The lowest BCUT2D eigenvalue weighted by Crippen LogP contribution is -1.70. The average Bonchev–Trinajstić information content (AvgIpc) is 2.59. The van der Waals surface area contributed by atoms with Gasteiger partial charge in [0.25, 0.3) is 0 Å². The summed E-state index contributed by atoms with van der Waals surface area (Å²) < 4.78 is 1.36. The topological polar surface area (TPSA) is 12.9 Å². The van der Waals surface area contributed by atoms with Gasteiger partial charge in [-0.05, 0) is 24.6 Å². The van der Waals surface area contributed by atoms with Gasteiger partial charge in [0, 0.05) is 21.7 Å². The standard InChI is InChI=1S/C12H9NS/c1-8-4-2-5-9-10-6-3-7-13-12(10)14-11(8)9/h2-7H,1H3. The maximum atomic E-state index is 4.38. The van der Waals surface area contributed by atoms with Crippen molar-refractivity contribution in [3.63, 3.8) is 0 Å². The van der Waals surface area contributed by atoms with Gasteiger partial charge in [-0.2, -0.15) is 0 Å². The summed E-state index contributed by atoms with van der Waals surface area (Å²) in [4.78, 5) is 5.51. The number of pyridine rings is 1. The molecule has 3 aromatic rings. The highest BCUT2D eigenvalue weighted by Crippen LogP contribution is 2.33. The van der Waals surface area contributed by atoms with Gasteiger partial charge in [-0.3, -0.25) is 0 Å². The fraction of sp³-hybridized carbons (Fsp3) is 0.0833. The van der Waals surface area contributed by atoms with Crippen molar-refractivity contribution in [2.45, 2.75) is 6.92 Å². The van der Waals surface area contributed by atoms with Crippen LogP contribution < -0.4 is 0 Å². The summed E-state index contributed by atoms with van der Waals surface area (Å²) in [6.45, 7) is 2.15. The second kappa shape index (κ2) is 2.79. The zero-order chi connectivity index (χ0) is 9.54. The van der Waals surface area contributed by atoms with Crippen LogP contribution in [0.4, 0.5) is 0 Å². The lowest BCUT2D eigenvalue weighted by molar-refractivity contribution is 1.45. The second-order valence-corrected chi connectivity index (χ2v) is 4.41. The molecule has 3 rings (SSSR count). The van der Waals surface area contributed by atoms with Crippen molar-refractivity contribution in [1.82, 2.24) is 4.98 Å². The Hall–Kier alpha value is -1.41. The molecule has 0 aliphatic carbocycles. The summed E-state index contributed by atoms with van der Waals surface area (Å²) in [6.07, 6.45) is 1.85. The van der Waals surface area contributed by atoms with E-state index < -0.39 is 0 Å². The smallest absolute Gasteiger partial charge is 0.124 e. The molecule has 1 nitrogen and oxygen atoms in total. The van der Waals surface area contributed by atoms with Crippen molar-refractivity contribution in [2.24, 2.45) is 0 Å². The molecule has 0 saturated heterocycles. The number of thiophene rings is 1. The highest BCUT2D eigenvalue weighted by Gasteiger charge is 2.05. The number of rotatable bonds is 0. The van der Waals surface area contributed by atoms with Gasteiger partial charge in [0.05, 0.1) is 0 Å². The van der Waals surface area contributed by atoms with E-state index in [1.165, 1.54) is 21.0 Å². The molecule has 0 unspecified atom stereocenters. The molecule has 0 radical (unpaired) electrons. The van der Waals surface area contributed by atoms with E-state index in [1.807, 2.05) is 12.3 Å². The number of aromatic nitrogens is 1. The van der Waals surface area contributed by atoms with Crippen LogP contribution in [0.2, 0.25) is 0 Å². The molecule has 1 aromatic carbocycles. The molecule has 0 atom stereocenters. The number of nitrogens with zero attached hydrogens (tertiary/aromatic N) is 1. The van der Waals surface area contributed by atoms with Crippen molar-refractivity contribution < 1.29 is 0 Å². The van der Waals surface area contributed by atoms with Gasteiger partial charge in [-0.15, -0.1) is 11.3 Å². The molecule has 2 heteroatoms. The summed E-state index contributed by atoms with van der Waals surface area (Å²) in [6, 6.07) is 10.6. The Balaban J connectivity index is 2.63. The molecular weight excluding hydrogens is 190 g/mol. The van der Waals surface area contributed by atoms with Crippen LogP contribution in [-0.4, -0.2) is 4.98 Å². The van der Waals surface area contributed by atoms with Gasteiger partial charge in [0.15, 0.2) is 0 Å². The third-order valence-electron chi connectivity index (χ3n) is 2.47. The number of benzene rings is 1. The van der Waals surface area contributed by atoms with Crippen LogP contribution in [0.1, 0.15) is 5.56 Å². The average molecular weight is 199 g/mol. The summed E-state index contributed by atoms with van der Waals surface area (Å²) in [5.74, 6) is 0. The van der Waals surface area contributed by atoms with Crippen molar-refractivity contribution in [2.75, 3.05) is 0 Å². The fourth-order valence-electron chi connectivity index (χ4n) is 1.77. The highest BCUT2D eigenvalue weighted by atomic mass is 32.1. The first kappa shape index (κ1) is 7.94. The van der Waals surface area contributed by atoms with Crippen LogP contribution >= 0.6 is 11.3 Å². The quantitative estimate of drug-likeness (QED) is 0.537. The van der Waals surface area contributed by atoms with Crippen LogP contribution in [0.3, 0.4) is 0 Å². The molecule has 68 valence electrons. The van der Waals surface area contributed by atoms with Gasteiger partial charge in [-0.25, -0.2) is 4.98 Å². The van der Waals surface area contributed by atoms with E-state index >= 15 is 0 Å². The Bertz CT molecular complexity index is 610. The minimum atomic E-state index is 1.14. The molecule has 2 heterocycles. The number of aryl methyl sites for hydroxylation is 1. The predicted molar refractivity (Wildman–Crippen MR) is 61.9 cm³/mol. The third kappa shape index (κ3) is 0.976. The minimum Gasteiger partial charge on any atom is -0.245 e. The Morgan fingerprint density at radius 3 is 2.86 bits per heavy atom.